The zero-order chi connectivity index (χ0) is 18.6. The Morgan fingerprint density at radius 3 is 2.81 bits per heavy atom. The molecular weight excluding hydrogens is 344 g/mol. The minimum absolute atomic E-state index is 0.0993. The number of benzene rings is 1. The Morgan fingerprint density at radius 1 is 1.15 bits per heavy atom. The van der Waals surface area contributed by atoms with Gasteiger partial charge >= 0.3 is 0 Å². The number of rotatable bonds is 2. The first kappa shape index (κ1) is 16.7. The van der Waals surface area contributed by atoms with Crippen LogP contribution in [0.5, 0.6) is 0 Å². The number of nitrogens with zero attached hydrogens (tertiary/aromatic N) is 2. The van der Waals surface area contributed by atoms with Crippen LogP contribution in [0, 0.1) is 5.41 Å². The Morgan fingerprint density at radius 2 is 2.04 bits per heavy atom. The lowest BCUT2D eigenvalue weighted by atomic mass is 9.86. The minimum atomic E-state index is -0.556. The maximum atomic E-state index is 13.0. The second kappa shape index (κ2) is 6.05. The molecule has 27 heavy (non-hydrogen) atoms. The second-order valence-electron chi connectivity index (χ2n) is 8.30. The predicted molar refractivity (Wildman–Crippen MR) is 99.2 cm³/mol. The van der Waals surface area contributed by atoms with E-state index in [4.69, 9.17) is 0 Å². The number of piperidine rings is 1. The Balaban J connectivity index is 1.41. The maximum absolute atomic E-state index is 13.0. The zero-order valence-electron chi connectivity index (χ0n) is 15.3. The third-order valence-electron chi connectivity index (χ3n) is 6.67. The highest BCUT2D eigenvalue weighted by atomic mass is 16.2. The van der Waals surface area contributed by atoms with Crippen molar-refractivity contribution in [3.63, 3.8) is 0 Å². The number of nitrogens with one attached hydrogen (secondary N) is 2. The van der Waals surface area contributed by atoms with Crippen LogP contribution in [0.4, 0.5) is 5.69 Å². The highest BCUT2D eigenvalue weighted by molar-refractivity contribution is 6.06. The standard InChI is InChI=1S/C20H24N4O3/c25-17-5-4-16(18(26)22-17)24-10-14-13(19(24)27)2-1-3-15(14)23-9-7-20(12-23)6-8-21-11-20/h1-3,16,21H,4-12H2,(H,22,25,26). The molecule has 2 atom stereocenters. The van der Waals surface area contributed by atoms with Gasteiger partial charge in [-0.2, -0.15) is 0 Å². The van der Waals surface area contributed by atoms with Gasteiger partial charge in [-0.25, -0.2) is 0 Å². The lowest BCUT2D eigenvalue weighted by molar-refractivity contribution is -0.136. The first-order valence-corrected chi connectivity index (χ1v) is 9.79. The van der Waals surface area contributed by atoms with Gasteiger partial charge in [-0.3, -0.25) is 19.7 Å². The molecule has 1 aromatic carbocycles. The summed E-state index contributed by atoms with van der Waals surface area (Å²) < 4.78 is 0. The van der Waals surface area contributed by atoms with E-state index in [1.54, 1.807) is 4.90 Å². The molecule has 0 radical (unpaired) electrons. The number of anilines is 1. The smallest absolute Gasteiger partial charge is 0.255 e. The molecule has 4 heterocycles. The molecule has 1 spiro atoms. The van der Waals surface area contributed by atoms with Crippen LogP contribution in [0.3, 0.4) is 0 Å². The Hall–Kier alpha value is -2.41. The van der Waals surface area contributed by atoms with E-state index in [0.717, 1.165) is 37.4 Å². The van der Waals surface area contributed by atoms with Crippen molar-refractivity contribution in [1.82, 2.24) is 15.5 Å². The van der Waals surface area contributed by atoms with E-state index in [0.29, 0.717) is 23.9 Å². The largest absolute Gasteiger partial charge is 0.371 e. The number of fused-ring (bicyclic) bond motifs is 1. The highest BCUT2D eigenvalue weighted by Gasteiger charge is 2.43. The van der Waals surface area contributed by atoms with Crippen molar-refractivity contribution in [2.45, 2.75) is 38.3 Å². The van der Waals surface area contributed by atoms with Gasteiger partial charge in [0.2, 0.25) is 11.8 Å². The SMILES string of the molecule is O=C1CCC(N2Cc3c(cccc3N3CCC4(CCNC4)C3)C2=O)C(=O)N1. The van der Waals surface area contributed by atoms with Crippen molar-refractivity contribution >= 4 is 23.4 Å². The molecule has 2 unspecified atom stereocenters. The van der Waals surface area contributed by atoms with Crippen LogP contribution in [0.1, 0.15) is 41.6 Å². The number of amides is 3. The van der Waals surface area contributed by atoms with Gasteiger partial charge in [-0.05, 0) is 37.9 Å². The van der Waals surface area contributed by atoms with Crippen LogP contribution in [0.2, 0.25) is 0 Å². The van der Waals surface area contributed by atoms with Crippen LogP contribution in [0.25, 0.3) is 0 Å². The van der Waals surface area contributed by atoms with E-state index in [1.165, 1.54) is 12.8 Å². The summed E-state index contributed by atoms with van der Waals surface area (Å²) in [4.78, 5) is 40.7. The lowest BCUT2D eigenvalue weighted by Crippen LogP contribution is -2.52. The molecule has 3 saturated heterocycles. The molecular formula is C20H24N4O3. The number of carbonyl (C=O) groups excluding carboxylic acids is 3. The zero-order valence-corrected chi connectivity index (χ0v) is 15.3. The van der Waals surface area contributed by atoms with Gasteiger partial charge in [-0.1, -0.05) is 6.07 Å². The molecule has 7 heteroatoms. The van der Waals surface area contributed by atoms with E-state index >= 15 is 0 Å². The molecule has 4 aliphatic heterocycles. The van der Waals surface area contributed by atoms with Gasteiger partial charge in [0, 0.05) is 54.8 Å². The Labute approximate surface area is 158 Å². The summed E-state index contributed by atoms with van der Waals surface area (Å²) in [5.74, 6) is -0.711. The average molecular weight is 368 g/mol. The van der Waals surface area contributed by atoms with E-state index in [2.05, 4.69) is 21.6 Å². The fourth-order valence-corrected chi connectivity index (χ4v) is 5.15. The quantitative estimate of drug-likeness (QED) is 0.749. The molecule has 0 saturated carbocycles. The number of carbonyl (C=O) groups is 3. The van der Waals surface area contributed by atoms with Gasteiger partial charge in [0.25, 0.3) is 5.91 Å². The minimum Gasteiger partial charge on any atom is -0.371 e. The van der Waals surface area contributed by atoms with Crippen molar-refractivity contribution in [3.8, 4) is 0 Å². The summed E-state index contributed by atoms with van der Waals surface area (Å²) in [7, 11) is 0. The lowest BCUT2D eigenvalue weighted by Gasteiger charge is -2.29. The molecule has 3 fully saturated rings. The van der Waals surface area contributed by atoms with Crippen LogP contribution >= 0.6 is 0 Å². The molecule has 2 N–H and O–H groups in total. The van der Waals surface area contributed by atoms with E-state index in [1.807, 2.05) is 12.1 Å². The van der Waals surface area contributed by atoms with Crippen molar-refractivity contribution in [2.75, 3.05) is 31.1 Å². The number of imide groups is 1. The third-order valence-corrected chi connectivity index (χ3v) is 6.67. The third kappa shape index (κ3) is 2.64. The molecule has 4 aliphatic rings. The molecule has 3 amide bonds. The summed E-state index contributed by atoms with van der Waals surface area (Å²) in [5, 5.41) is 5.85. The van der Waals surface area contributed by atoms with Gasteiger partial charge < -0.3 is 15.1 Å². The second-order valence-corrected chi connectivity index (χ2v) is 8.30. The molecule has 0 bridgehead atoms. The fraction of sp³-hybridized carbons (Fsp3) is 0.550. The normalized spacial score (nSPS) is 30.4. The van der Waals surface area contributed by atoms with Gasteiger partial charge in [-0.15, -0.1) is 0 Å². The van der Waals surface area contributed by atoms with Gasteiger partial charge in [0.1, 0.15) is 6.04 Å². The summed E-state index contributed by atoms with van der Waals surface area (Å²) in [5.41, 5.74) is 3.20. The van der Waals surface area contributed by atoms with Crippen molar-refractivity contribution in [1.29, 1.82) is 0 Å². The number of hydrogen-bond donors (Lipinski definition) is 2. The van der Waals surface area contributed by atoms with Crippen LogP contribution in [-0.2, 0) is 16.1 Å². The Kier molecular flexibility index (Phi) is 3.75. The summed E-state index contributed by atoms with van der Waals surface area (Å²) in [6.45, 7) is 4.62. The number of hydrogen-bond acceptors (Lipinski definition) is 5. The summed E-state index contributed by atoms with van der Waals surface area (Å²) in [6, 6.07) is 5.34. The fourth-order valence-electron chi connectivity index (χ4n) is 5.15. The first-order valence-electron chi connectivity index (χ1n) is 9.79. The van der Waals surface area contributed by atoms with Gasteiger partial charge in [0.15, 0.2) is 0 Å². The highest BCUT2D eigenvalue weighted by Crippen LogP contribution is 2.41. The van der Waals surface area contributed by atoms with Crippen LogP contribution in [0.15, 0.2) is 18.2 Å². The molecule has 7 nitrogen and oxygen atoms in total. The van der Waals surface area contributed by atoms with Crippen molar-refractivity contribution < 1.29 is 14.4 Å². The van der Waals surface area contributed by atoms with Crippen molar-refractivity contribution in [2.24, 2.45) is 5.41 Å². The maximum Gasteiger partial charge on any atom is 0.255 e. The molecule has 1 aromatic rings. The molecule has 5 rings (SSSR count). The molecule has 0 aromatic heterocycles. The first-order chi connectivity index (χ1) is 13.1. The van der Waals surface area contributed by atoms with Crippen molar-refractivity contribution in [3.05, 3.63) is 29.3 Å². The molecule has 0 aliphatic carbocycles. The summed E-state index contributed by atoms with van der Waals surface area (Å²) >= 11 is 0. The van der Waals surface area contributed by atoms with E-state index in [9.17, 15) is 14.4 Å². The average Bonchev–Trinajstić information content (AvgIpc) is 3.37. The topological polar surface area (TPSA) is 81.8 Å². The van der Waals surface area contributed by atoms with E-state index < -0.39 is 6.04 Å². The predicted octanol–water partition coefficient (Wildman–Crippen LogP) is 0.637. The Bertz CT molecular complexity index is 831. The van der Waals surface area contributed by atoms with Gasteiger partial charge in [0.05, 0.1) is 0 Å². The van der Waals surface area contributed by atoms with Crippen LogP contribution in [-0.4, -0.2) is 54.8 Å². The monoisotopic (exact) mass is 368 g/mol. The van der Waals surface area contributed by atoms with E-state index in [-0.39, 0.29) is 24.1 Å². The van der Waals surface area contributed by atoms with Crippen LogP contribution < -0.4 is 15.5 Å². The molecule has 142 valence electrons. The summed E-state index contributed by atoms with van der Waals surface area (Å²) in [6.07, 6.45) is 3.07.